The van der Waals surface area contributed by atoms with Crippen LogP contribution in [0.5, 0.6) is 5.75 Å². The summed E-state index contributed by atoms with van der Waals surface area (Å²) in [5.41, 5.74) is 2.78. The van der Waals surface area contributed by atoms with Crippen molar-refractivity contribution in [3.05, 3.63) is 76.2 Å². The third kappa shape index (κ3) is 4.19. The Balaban J connectivity index is 1.78. The predicted molar refractivity (Wildman–Crippen MR) is 118 cm³/mol. The number of rotatable bonds is 6. The van der Waals surface area contributed by atoms with Gasteiger partial charge in [-0.2, -0.15) is 0 Å². The molecule has 1 aromatic carbocycles. The summed E-state index contributed by atoms with van der Waals surface area (Å²) in [7, 11) is 0. The first-order valence-electron chi connectivity index (χ1n) is 9.51. The maximum Gasteiger partial charge on any atom is 0.374 e. The summed E-state index contributed by atoms with van der Waals surface area (Å²) in [4.78, 5) is 25.1. The molecule has 0 aliphatic heterocycles. The number of carbonyl (C=O) groups is 1. The number of nitrogens with zero attached hydrogens (tertiary/aromatic N) is 4. The highest BCUT2D eigenvalue weighted by molar-refractivity contribution is 6.35. The molecule has 0 N–H and O–H groups in total. The van der Waals surface area contributed by atoms with Crippen LogP contribution >= 0.6 is 23.2 Å². The number of hydrogen-bond donors (Lipinski definition) is 0. The molecule has 0 bridgehead atoms. The van der Waals surface area contributed by atoms with Crippen LogP contribution in [-0.2, 0) is 11.3 Å². The Bertz CT molecular complexity index is 1250. The molecule has 3 aromatic heterocycles. The Labute approximate surface area is 188 Å². The van der Waals surface area contributed by atoms with Gasteiger partial charge in [0.05, 0.1) is 22.3 Å². The lowest BCUT2D eigenvalue weighted by atomic mass is 10.1. The largest absolute Gasteiger partial charge is 0.487 e. The molecular formula is C22H18Cl2N4O3. The Hall–Kier alpha value is -3.16. The zero-order chi connectivity index (χ0) is 22.0. The average Bonchev–Trinajstić information content (AvgIpc) is 3.23. The van der Waals surface area contributed by atoms with E-state index in [9.17, 15) is 4.79 Å². The number of hydrogen-bond acceptors (Lipinski definition) is 6. The zero-order valence-corrected chi connectivity index (χ0v) is 18.3. The molecule has 0 saturated heterocycles. The Kier molecular flexibility index (Phi) is 6.06. The van der Waals surface area contributed by atoms with Crippen LogP contribution in [0.3, 0.4) is 0 Å². The number of ether oxygens (including phenoxy) is 2. The molecule has 0 aliphatic carbocycles. The van der Waals surface area contributed by atoms with Gasteiger partial charge in [-0.25, -0.2) is 14.8 Å². The second-order valence-corrected chi connectivity index (χ2v) is 7.46. The van der Waals surface area contributed by atoms with Crippen molar-refractivity contribution in [2.75, 3.05) is 6.61 Å². The number of aryl methyl sites for hydroxylation is 1. The normalized spacial score (nSPS) is 11.0. The number of halogens is 2. The molecular weight excluding hydrogens is 439 g/mol. The van der Waals surface area contributed by atoms with E-state index in [1.165, 1.54) is 12.4 Å². The molecule has 4 aromatic rings. The van der Waals surface area contributed by atoms with Crippen molar-refractivity contribution in [1.29, 1.82) is 0 Å². The molecule has 0 fully saturated rings. The monoisotopic (exact) mass is 456 g/mol. The summed E-state index contributed by atoms with van der Waals surface area (Å²) >= 11 is 12.4. The van der Waals surface area contributed by atoms with Crippen LogP contribution in [0.15, 0.2) is 49.1 Å². The molecule has 4 rings (SSSR count). The molecule has 0 atom stereocenters. The molecule has 7 nitrogen and oxygen atoms in total. The second kappa shape index (κ2) is 8.91. The Morgan fingerprint density at radius 1 is 1.19 bits per heavy atom. The van der Waals surface area contributed by atoms with E-state index in [2.05, 4.69) is 15.0 Å². The summed E-state index contributed by atoms with van der Waals surface area (Å²) in [5.74, 6) is 0.254. The highest BCUT2D eigenvalue weighted by Gasteiger charge is 2.18. The van der Waals surface area contributed by atoms with Gasteiger partial charge < -0.3 is 9.47 Å². The number of fused-ring (bicyclic) bond motifs is 1. The standard InChI is InChI=1S/C22H18Cl2N4O3/c1-3-30-22(29)21-26-7-8-28(21)18-9-13(2)27-20-14(18)5-4-6-19(20)31-12-15-16(23)10-25-11-17(15)24/h4-11H,3,12H2,1-2H3. The van der Waals surface area contributed by atoms with Gasteiger partial charge in [0.2, 0.25) is 5.82 Å². The number of benzene rings is 1. The molecule has 3 heterocycles. The van der Waals surface area contributed by atoms with E-state index in [1.54, 1.807) is 23.9 Å². The lowest BCUT2D eigenvalue weighted by Crippen LogP contribution is -2.12. The number of carbonyl (C=O) groups excluding carboxylic acids is 1. The van der Waals surface area contributed by atoms with Crippen molar-refractivity contribution in [2.45, 2.75) is 20.5 Å². The molecule has 9 heteroatoms. The topological polar surface area (TPSA) is 79.1 Å². The van der Waals surface area contributed by atoms with Gasteiger partial charge in [0.15, 0.2) is 0 Å². The van der Waals surface area contributed by atoms with Crippen LogP contribution in [-0.4, -0.2) is 32.1 Å². The van der Waals surface area contributed by atoms with E-state index < -0.39 is 5.97 Å². The van der Waals surface area contributed by atoms with Gasteiger partial charge in [-0.15, -0.1) is 0 Å². The summed E-state index contributed by atoms with van der Waals surface area (Å²) in [6.45, 7) is 4.04. The predicted octanol–water partition coefficient (Wildman–Crippen LogP) is 5.19. The van der Waals surface area contributed by atoms with Gasteiger partial charge in [-0.05, 0) is 26.0 Å². The Morgan fingerprint density at radius 2 is 1.97 bits per heavy atom. The fourth-order valence-corrected chi connectivity index (χ4v) is 3.69. The van der Waals surface area contributed by atoms with Crippen LogP contribution in [0.1, 0.15) is 28.8 Å². The fourth-order valence-electron chi connectivity index (χ4n) is 3.21. The van der Waals surface area contributed by atoms with Gasteiger partial charge >= 0.3 is 5.97 Å². The summed E-state index contributed by atoms with van der Waals surface area (Å²) in [5, 5.41) is 1.64. The minimum absolute atomic E-state index is 0.156. The quantitative estimate of drug-likeness (QED) is 0.371. The molecule has 158 valence electrons. The smallest absolute Gasteiger partial charge is 0.374 e. The molecule has 31 heavy (non-hydrogen) atoms. The Morgan fingerprint density at radius 3 is 2.71 bits per heavy atom. The highest BCUT2D eigenvalue weighted by atomic mass is 35.5. The van der Waals surface area contributed by atoms with Gasteiger partial charge in [0.1, 0.15) is 17.9 Å². The highest BCUT2D eigenvalue weighted by Crippen LogP contribution is 2.32. The van der Waals surface area contributed by atoms with Crippen LogP contribution in [0.2, 0.25) is 10.0 Å². The van der Waals surface area contributed by atoms with Crippen molar-refractivity contribution in [3.8, 4) is 11.4 Å². The van der Waals surface area contributed by atoms with E-state index in [0.29, 0.717) is 26.9 Å². The van der Waals surface area contributed by atoms with E-state index >= 15 is 0 Å². The zero-order valence-electron chi connectivity index (χ0n) is 16.8. The molecule has 0 aliphatic rings. The number of para-hydroxylation sites is 1. The maximum absolute atomic E-state index is 12.3. The van der Waals surface area contributed by atoms with Crippen molar-refractivity contribution in [2.24, 2.45) is 0 Å². The molecule has 0 saturated carbocycles. The summed E-state index contributed by atoms with van der Waals surface area (Å²) in [6, 6.07) is 7.47. The number of esters is 1. The van der Waals surface area contributed by atoms with E-state index in [-0.39, 0.29) is 19.0 Å². The second-order valence-electron chi connectivity index (χ2n) is 6.65. The molecule has 0 unspecified atom stereocenters. The maximum atomic E-state index is 12.3. The number of pyridine rings is 2. The van der Waals surface area contributed by atoms with Crippen molar-refractivity contribution >= 4 is 40.1 Å². The van der Waals surface area contributed by atoms with Gasteiger partial charge in [0.25, 0.3) is 0 Å². The third-order valence-corrected chi connectivity index (χ3v) is 5.24. The SMILES string of the molecule is CCOC(=O)c1nccn1-c1cc(C)nc2c(OCc3c(Cl)cncc3Cl)cccc12. The van der Waals surface area contributed by atoms with E-state index in [0.717, 1.165) is 16.8 Å². The van der Waals surface area contributed by atoms with Crippen LogP contribution in [0, 0.1) is 6.92 Å². The number of imidazole rings is 1. The molecule has 0 amide bonds. The van der Waals surface area contributed by atoms with Crippen molar-refractivity contribution in [1.82, 2.24) is 19.5 Å². The summed E-state index contributed by atoms with van der Waals surface area (Å²) < 4.78 is 12.9. The van der Waals surface area contributed by atoms with E-state index in [1.807, 2.05) is 31.2 Å². The average molecular weight is 457 g/mol. The first-order valence-corrected chi connectivity index (χ1v) is 10.3. The first kappa shape index (κ1) is 21.1. The van der Waals surface area contributed by atoms with E-state index in [4.69, 9.17) is 32.7 Å². The van der Waals surface area contributed by atoms with Gasteiger partial charge in [-0.1, -0.05) is 35.3 Å². The van der Waals surface area contributed by atoms with Crippen LogP contribution < -0.4 is 4.74 Å². The summed E-state index contributed by atoms with van der Waals surface area (Å²) in [6.07, 6.45) is 6.31. The minimum Gasteiger partial charge on any atom is -0.487 e. The molecule has 0 radical (unpaired) electrons. The van der Waals surface area contributed by atoms with Gasteiger partial charge in [-0.3, -0.25) is 9.55 Å². The number of aromatic nitrogens is 4. The van der Waals surface area contributed by atoms with Crippen molar-refractivity contribution < 1.29 is 14.3 Å². The van der Waals surface area contributed by atoms with Gasteiger partial charge in [0, 0.05) is 41.4 Å². The van der Waals surface area contributed by atoms with Crippen LogP contribution in [0.25, 0.3) is 16.6 Å². The molecule has 0 spiro atoms. The first-order chi connectivity index (χ1) is 15.0. The fraction of sp³-hybridized carbons (Fsp3) is 0.182. The lowest BCUT2D eigenvalue weighted by Gasteiger charge is -2.15. The lowest BCUT2D eigenvalue weighted by molar-refractivity contribution is 0.0510. The van der Waals surface area contributed by atoms with Crippen molar-refractivity contribution in [3.63, 3.8) is 0 Å². The third-order valence-electron chi connectivity index (χ3n) is 4.59. The van der Waals surface area contributed by atoms with Crippen LogP contribution in [0.4, 0.5) is 0 Å². The minimum atomic E-state index is -0.496.